The zero-order chi connectivity index (χ0) is 21.4. The smallest absolute Gasteiger partial charge is 0.387 e. The average molecular weight is 405 g/mol. The van der Waals surface area contributed by atoms with E-state index in [9.17, 15) is 13.6 Å². The van der Waals surface area contributed by atoms with Gasteiger partial charge in [-0.25, -0.2) is 0 Å². The molecule has 0 aliphatic rings. The van der Waals surface area contributed by atoms with Gasteiger partial charge in [0.05, 0.1) is 6.54 Å². The van der Waals surface area contributed by atoms with Crippen molar-refractivity contribution in [2.45, 2.75) is 40.0 Å². The van der Waals surface area contributed by atoms with Crippen LogP contribution in [0.5, 0.6) is 5.75 Å². The van der Waals surface area contributed by atoms with Crippen molar-refractivity contribution < 1.29 is 18.3 Å². The number of amides is 1. The summed E-state index contributed by atoms with van der Waals surface area (Å²) in [5.74, 6) is 0.000750. The number of ether oxygens (including phenoxy) is 1. The minimum atomic E-state index is -2.84. The van der Waals surface area contributed by atoms with Crippen molar-refractivity contribution in [2.75, 3.05) is 30.4 Å². The quantitative estimate of drug-likeness (QED) is 0.628. The van der Waals surface area contributed by atoms with Crippen molar-refractivity contribution in [1.82, 2.24) is 4.90 Å². The first kappa shape index (κ1) is 22.6. The fraction of sp³-hybridized carbons (Fsp3) is 0.409. The van der Waals surface area contributed by atoms with E-state index in [2.05, 4.69) is 35.7 Å². The molecule has 0 aromatic heterocycles. The van der Waals surface area contributed by atoms with Gasteiger partial charge in [-0.3, -0.25) is 9.69 Å². The Morgan fingerprint density at radius 1 is 1.07 bits per heavy atom. The Morgan fingerprint density at radius 3 is 2.21 bits per heavy atom. The molecule has 0 radical (unpaired) electrons. The topological polar surface area (TPSA) is 44.8 Å². The van der Waals surface area contributed by atoms with Crippen molar-refractivity contribution in [3.63, 3.8) is 0 Å². The van der Waals surface area contributed by atoms with Gasteiger partial charge >= 0.3 is 6.61 Å². The number of alkyl halides is 2. The Bertz CT molecular complexity index is 765. The first-order valence-electron chi connectivity index (χ1n) is 9.67. The third kappa shape index (κ3) is 7.34. The van der Waals surface area contributed by atoms with Crippen LogP contribution < -0.4 is 15.0 Å². The van der Waals surface area contributed by atoms with Crippen LogP contribution in [-0.2, 0) is 11.3 Å². The van der Waals surface area contributed by atoms with E-state index in [0.29, 0.717) is 12.6 Å². The molecule has 2 aromatic rings. The van der Waals surface area contributed by atoms with Crippen molar-refractivity contribution >= 4 is 17.3 Å². The van der Waals surface area contributed by atoms with Crippen LogP contribution in [0.3, 0.4) is 0 Å². The number of hydrogen-bond donors (Lipinski definition) is 1. The summed E-state index contributed by atoms with van der Waals surface area (Å²) in [4.78, 5) is 16.4. The molecule has 2 rings (SSSR count). The summed E-state index contributed by atoms with van der Waals surface area (Å²) < 4.78 is 28.7. The number of carbonyl (C=O) groups excluding carboxylic acids is 1. The van der Waals surface area contributed by atoms with E-state index in [4.69, 9.17) is 0 Å². The molecule has 0 saturated heterocycles. The highest BCUT2D eigenvalue weighted by Crippen LogP contribution is 2.20. The number of halogens is 2. The molecule has 0 saturated carbocycles. The van der Waals surface area contributed by atoms with Crippen LogP contribution in [0.2, 0.25) is 0 Å². The molecule has 0 bridgehead atoms. The fourth-order valence-corrected chi connectivity index (χ4v) is 3.17. The highest BCUT2D eigenvalue weighted by molar-refractivity contribution is 5.92. The van der Waals surface area contributed by atoms with E-state index in [1.165, 1.54) is 12.1 Å². The molecule has 0 aliphatic heterocycles. The van der Waals surface area contributed by atoms with Crippen LogP contribution in [0, 0.1) is 0 Å². The van der Waals surface area contributed by atoms with Crippen LogP contribution in [0.4, 0.5) is 20.2 Å². The lowest BCUT2D eigenvalue weighted by Gasteiger charge is -2.27. The number of carbonyl (C=O) groups is 1. The van der Waals surface area contributed by atoms with Gasteiger partial charge in [0, 0.05) is 30.5 Å². The van der Waals surface area contributed by atoms with E-state index in [-0.39, 0.29) is 18.2 Å². The maximum absolute atomic E-state index is 12.3. The molecule has 0 atom stereocenters. The first-order valence-corrected chi connectivity index (χ1v) is 9.67. The second kappa shape index (κ2) is 10.8. The lowest BCUT2D eigenvalue weighted by atomic mass is 10.2. The average Bonchev–Trinajstić information content (AvgIpc) is 2.64. The van der Waals surface area contributed by atoms with Gasteiger partial charge in [0.15, 0.2) is 0 Å². The molecule has 158 valence electrons. The second-order valence-corrected chi connectivity index (χ2v) is 7.17. The first-order chi connectivity index (χ1) is 13.8. The van der Waals surface area contributed by atoms with Crippen molar-refractivity contribution in [3.05, 3.63) is 54.1 Å². The molecule has 2 aromatic carbocycles. The minimum Gasteiger partial charge on any atom is -0.435 e. The summed E-state index contributed by atoms with van der Waals surface area (Å²) in [5.41, 5.74) is 2.77. The third-order valence-corrected chi connectivity index (χ3v) is 4.46. The Kier molecular flexibility index (Phi) is 8.39. The number of nitrogens with zero attached hydrogens (tertiary/aromatic N) is 2. The van der Waals surface area contributed by atoms with Crippen LogP contribution in [-0.4, -0.2) is 43.6 Å². The lowest BCUT2D eigenvalue weighted by molar-refractivity contribution is -0.117. The zero-order valence-corrected chi connectivity index (χ0v) is 17.4. The number of benzene rings is 2. The monoisotopic (exact) mass is 405 g/mol. The molecule has 1 amide bonds. The van der Waals surface area contributed by atoms with Gasteiger partial charge < -0.3 is 15.0 Å². The van der Waals surface area contributed by atoms with Crippen LogP contribution in [0.25, 0.3) is 0 Å². The molecule has 0 heterocycles. The molecular weight excluding hydrogens is 376 g/mol. The maximum Gasteiger partial charge on any atom is 0.387 e. The molecule has 0 fully saturated rings. The summed E-state index contributed by atoms with van der Waals surface area (Å²) in [6.45, 7) is 5.22. The van der Waals surface area contributed by atoms with E-state index < -0.39 is 6.61 Å². The van der Waals surface area contributed by atoms with E-state index >= 15 is 0 Å². The van der Waals surface area contributed by atoms with Gasteiger partial charge in [0.25, 0.3) is 0 Å². The number of likely N-dealkylation sites (N-methyl/N-ethyl adjacent to an activating group) is 1. The Morgan fingerprint density at radius 2 is 1.69 bits per heavy atom. The molecule has 0 unspecified atom stereocenters. The minimum absolute atomic E-state index is 0.117. The fourth-order valence-electron chi connectivity index (χ4n) is 3.17. The van der Waals surface area contributed by atoms with E-state index in [1.54, 1.807) is 12.1 Å². The van der Waals surface area contributed by atoms with Gasteiger partial charge in [-0.15, -0.1) is 0 Å². The molecule has 1 N–H and O–H groups in total. The molecule has 0 aliphatic carbocycles. The summed E-state index contributed by atoms with van der Waals surface area (Å²) in [6, 6.07) is 14.6. The predicted molar refractivity (Wildman–Crippen MR) is 113 cm³/mol. The zero-order valence-electron chi connectivity index (χ0n) is 17.4. The molecule has 5 nitrogen and oxygen atoms in total. The Balaban J connectivity index is 1.85. The second-order valence-electron chi connectivity index (χ2n) is 7.17. The van der Waals surface area contributed by atoms with Gasteiger partial charge in [-0.2, -0.15) is 8.78 Å². The number of hydrogen-bond acceptors (Lipinski definition) is 4. The van der Waals surface area contributed by atoms with Gasteiger partial charge in [-0.1, -0.05) is 12.1 Å². The highest BCUT2D eigenvalue weighted by Gasteiger charge is 2.11. The van der Waals surface area contributed by atoms with Gasteiger partial charge in [0.1, 0.15) is 5.75 Å². The summed E-state index contributed by atoms with van der Waals surface area (Å²) >= 11 is 0. The number of rotatable bonds is 10. The van der Waals surface area contributed by atoms with Crippen molar-refractivity contribution in [1.29, 1.82) is 0 Å². The largest absolute Gasteiger partial charge is 0.435 e. The maximum atomic E-state index is 12.3. The van der Waals surface area contributed by atoms with E-state index in [0.717, 1.165) is 23.5 Å². The van der Waals surface area contributed by atoms with Crippen LogP contribution >= 0.6 is 0 Å². The van der Waals surface area contributed by atoms with Crippen molar-refractivity contribution in [3.8, 4) is 5.75 Å². The predicted octanol–water partition coefficient (Wildman–Crippen LogP) is 4.59. The van der Waals surface area contributed by atoms with Crippen LogP contribution in [0.15, 0.2) is 48.5 Å². The molecule has 29 heavy (non-hydrogen) atoms. The third-order valence-electron chi connectivity index (χ3n) is 4.46. The van der Waals surface area contributed by atoms with Gasteiger partial charge in [0.2, 0.25) is 5.91 Å². The van der Waals surface area contributed by atoms with Crippen molar-refractivity contribution in [2.24, 2.45) is 0 Å². The molecule has 0 spiro atoms. The highest BCUT2D eigenvalue weighted by atomic mass is 19.3. The van der Waals surface area contributed by atoms with Crippen LogP contribution in [0.1, 0.15) is 26.3 Å². The van der Waals surface area contributed by atoms with E-state index in [1.807, 2.05) is 36.2 Å². The molecular formula is C22H29F2N3O2. The summed E-state index contributed by atoms with van der Waals surface area (Å²) in [6.07, 6.45) is 0. The number of anilines is 2. The SMILES string of the molecule is CCN(c1ccc(NC(=O)CN(C)Cc2ccc(OC(F)F)cc2)cc1)C(C)C. The number of nitrogens with one attached hydrogen (secondary N) is 1. The standard InChI is InChI=1S/C22H29F2N3O2/c1-5-27(16(2)3)19-10-8-18(9-11-19)25-21(28)15-26(4)14-17-6-12-20(13-7-17)29-22(23)24/h6-13,16,22H,5,14-15H2,1-4H3,(H,25,28). The summed E-state index contributed by atoms with van der Waals surface area (Å²) in [5, 5.41) is 2.90. The normalized spacial score (nSPS) is 11.2. The lowest BCUT2D eigenvalue weighted by Crippen LogP contribution is -2.30. The Hall–Kier alpha value is -2.67. The Labute approximate surface area is 171 Å². The molecule has 7 heteroatoms. The van der Waals surface area contributed by atoms with Gasteiger partial charge in [-0.05, 0) is 69.8 Å². The summed E-state index contributed by atoms with van der Waals surface area (Å²) in [7, 11) is 1.83.